The van der Waals surface area contributed by atoms with Crippen molar-refractivity contribution in [2.75, 3.05) is 6.54 Å². The van der Waals surface area contributed by atoms with Crippen LogP contribution in [0.15, 0.2) is 42.5 Å². The average molecular weight is 318 g/mol. The maximum absolute atomic E-state index is 11.1. The number of carbonyl (C=O) groups is 1. The van der Waals surface area contributed by atoms with Crippen LogP contribution in [0.1, 0.15) is 39.6 Å². The van der Waals surface area contributed by atoms with Gasteiger partial charge in [0.15, 0.2) is 0 Å². The summed E-state index contributed by atoms with van der Waals surface area (Å²) in [5, 5.41) is 13.5. The highest BCUT2D eigenvalue weighted by molar-refractivity contribution is 7.14. The van der Waals surface area contributed by atoms with Gasteiger partial charge in [-0.05, 0) is 37.5 Å². The SMILES string of the molecule is CC(CCc1ccc(C(N)=O)s1)NC[C@H](O)c1ccccc1. The minimum Gasteiger partial charge on any atom is -0.387 e. The van der Waals surface area contributed by atoms with Crippen LogP contribution in [0.2, 0.25) is 0 Å². The van der Waals surface area contributed by atoms with Gasteiger partial charge >= 0.3 is 0 Å². The highest BCUT2D eigenvalue weighted by Gasteiger charge is 2.10. The summed E-state index contributed by atoms with van der Waals surface area (Å²) in [7, 11) is 0. The molecule has 0 aliphatic heterocycles. The zero-order chi connectivity index (χ0) is 15.9. The number of carbonyl (C=O) groups excluding carboxylic acids is 1. The molecule has 1 aromatic carbocycles. The molecule has 0 aliphatic rings. The topological polar surface area (TPSA) is 75.4 Å². The summed E-state index contributed by atoms with van der Waals surface area (Å²) in [4.78, 5) is 12.8. The normalized spacial score (nSPS) is 13.7. The number of rotatable bonds is 8. The number of amides is 1. The van der Waals surface area contributed by atoms with Gasteiger partial charge in [-0.1, -0.05) is 30.3 Å². The van der Waals surface area contributed by atoms with Crippen LogP contribution in [0.5, 0.6) is 0 Å². The lowest BCUT2D eigenvalue weighted by molar-refractivity contribution is 0.100. The number of nitrogens with one attached hydrogen (secondary N) is 1. The number of primary amides is 1. The van der Waals surface area contributed by atoms with E-state index in [-0.39, 0.29) is 11.9 Å². The van der Waals surface area contributed by atoms with E-state index in [1.807, 2.05) is 36.4 Å². The Hall–Kier alpha value is -1.69. The molecule has 1 aromatic heterocycles. The largest absolute Gasteiger partial charge is 0.387 e. The van der Waals surface area contributed by atoms with Crippen molar-refractivity contribution < 1.29 is 9.90 Å². The van der Waals surface area contributed by atoms with E-state index in [0.717, 1.165) is 23.3 Å². The second-order valence-electron chi connectivity index (χ2n) is 5.40. The summed E-state index contributed by atoms with van der Waals surface area (Å²) in [5.74, 6) is -0.367. The third kappa shape index (κ3) is 4.94. The molecule has 2 aromatic rings. The lowest BCUT2D eigenvalue weighted by atomic mass is 10.1. The first-order chi connectivity index (χ1) is 10.6. The Morgan fingerprint density at radius 1 is 1.27 bits per heavy atom. The van der Waals surface area contributed by atoms with Gasteiger partial charge < -0.3 is 16.2 Å². The van der Waals surface area contributed by atoms with Crippen LogP contribution >= 0.6 is 11.3 Å². The molecule has 118 valence electrons. The second-order valence-corrected chi connectivity index (χ2v) is 6.57. The molecule has 4 nitrogen and oxygen atoms in total. The molecule has 5 heteroatoms. The molecule has 0 aliphatic carbocycles. The first-order valence-corrected chi connectivity index (χ1v) is 8.23. The van der Waals surface area contributed by atoms with Gasteiger partial charge in [0.25, 0.3) is 5.91 Å². The van der Waals surface area contributed by atoms with E-state index in [1.54, 1.807) is 6.07 Å². The van der Waals surface area contributed by atoms with Crippen molar-refractivity contribution in [2.24, 2.45) is 5.73 Å². The highest BCUT2D eigenvalue weighted by Crippen LogP contribution is 2.18. The summed E-state index contributed by atoms with van der Waals surface area (Å²) in [5.41, 5.74) is 6.17. The smallest absolute Gasteiger partial charge is 0.258 e. The van der Waals surface area contributed by atoms with Crippen molar-refractivity contribution in [3.63, 3.8) is 0 Å². The van der Waals surface area contributed by atoms with Crippen molar-refractivity contribution in [3.8, 4) is 0 Å². The van der Waals surface area contributed by atoms with E-state index in [1.165, 1.54) is 11.3 Å². The van der Waals surface area contributed by atoms with Crippen LogP contribution in [0.3, 0.4) is 0 Å². The van der Waals surface area contributed by atoms with E-state index < -0.39 is 6.10 Å². The van der Waals surface area contributed by atoms with Gasteiger partial charge in [-0.2, -0.15) is 0 Å². The van der Waals surface area contributed by atoms with E-state index in [9.17, 15) is 9.90 Å². The van der Waals surface area contributed by atoms with Crippen LogP contribution in [0.4, 0.5) is 0 Å². The molecular formula is C17H22N2O2S. The third-order valence-electron chi connectivity index (χ3n) is 3.57. The molecule has 0 radical (unpaired) electrons. The molecule has 0 bridgehead atoms. The molecule has 2 atom stereocenters. The standard InChI is InChI=1S/C17H22N2O2S/c1-12(7-8-14-9-10-16(22-14)17(18)21)19-11-15(20)13-5-3-2-4-6-13/h2-6,9-10,12,15,19-20H,7-8,11H2,1H3,(H2,18,21)/t12?,15-/m0/s1. The zero-order valence-corrected chi connectivity index (χ0v) is 13.5. The van der Waals surface area contributed by atoms with E-state index in [4.69, 9.17) is 5.73 Å². The number of hydrogen-bond donors (Lipinski definition) is 3. The fraction of sp³-hybridized carbons (Fsp3) is 0.353. The van der Waals surface area contributed by atoms with Crippen molar-refractivity contribution in [3.05, 3.63) is 57.8 Å². The third-order valence-corrected chi connectivity index (χ3v) is 4.73. The summed E-state index contributed by atoms with van der Waals surface area (Å²) >= 11 is 1.45. The van der Waals surface area contributed by atoms with Gasteiger partial charge in [0.2, 0.25) is 0 Å². The summed E-state index contributed by atoms with van der Waals surface area (Å²) in [6, 6.07) is 13.7. The first-order valence-electron chi connectivity index (χ1n) is 7.41. The highest BCUT2D eigenvalue weighted by atomic mass is 32.1. The fourth-order valence-electron chi connectivity index (χ4n) is 2.21. The Labute approximate surface area is 135 Å². The van der Waals surface area contributed by atoms with E-state index in [2.05, 4.69) is 12.2 Å². The van der Waals surface area contributed by atoms with Gasteiger partial charge in [0.1, 0.15) is 0 Å². The number of benzene rings is 1. The predicted octanol–water partition coefficient (Wildman–Crippen LogP) is 2.49. The van der Waals surface area contributed by atoms with E-state index >= 15 is 0 Å². The number of aryl methyl sites for hydroxylation is 1. The van der Waals surface area contributed by atoms with Crippen LogP contribution in [0, 0.1) is 0 Å². The van der Waals surface area contributed by atoms with Gasteiger partial charge in [0, 0.05) is 17.5 Å². The minimum atomic E-state index is -0.494. The van der Waals surface area contributed by atoms with Crippen molar-refractivity contribution >= 4 is 17.2 Å². The molecule has 1 unspecified atom stereocenters. The second kappa shape index (κ2) is 8.08. The van der Waals surface area contributed by atoms with Gasteiger partial charge in [0.05, 0.1) is 11.0 Å². The van der Waals surface area contributed by atoms with Crippen LogP contribution in [-0.4, -0.2) is 23.6 Å². The lowest BCUT2D eigenvalue weighted by Crippen LogP contribution is -2.30. The Bertz CT molecular complexity index is 598. The molecule has 1 heterocycles. The zero-order valence-electron chi connectivity index (χ0n) is 12.7. The Morgan fingerprint density at radius 2 is 2.00 bits per heavy atom. The predicted molar refractivity (Wildman–Crippen MR) is 90.0 cm³/mol. The number of aliphatic hydroxyl groups is 1. The number of aliphatic hydroxyl groups excluding tert-OH is 1. The molecule has 0 saturated carbocycles. The first kappa shape index (κ1) is 16.7. The molecule has 0 spiro atoms. The molecule has 0 fully saturated rings. The van der Waals surface area contributed by atoms with Crippen molar-refractivity contribution in [1.82, 2.24) is 5.32 Å². The summed E-state index contributed by atoms with van der Waals surface area (Å²) < 4.78 is 0. The van der Waals surface area contributed by atoms with Crippen LogP contribution in [0.25, 0.3) is 0 Å². The molecular weight excluding hydrogens is 296 g/mol. The summed E-state index contributed by atoms with van der Waals surface area (Å²) in [6.07, 6.45) is 1.35. The molecule has 4 N–H and O–H groups in total. The Balaban J connectivity index is 1.73. The quantitative estimate of drug-likeness (QED) is 0.700. The molecule has 0 saturated heterocycles. The Morgan fingerprint density at radius 3 is 2.64 bits per heavy atom. The number of nitrogens with two attached hydrogens (primary N) is 1. The number of hydrogen-bond acceptors (Lipinski definition) is 4. The molecule has 22 heavy (non-hydrogen) atoms. The average Bonchev–Trinajstić information content (AvgIpc) is 3.00. The Kier molecular flexibility index (Phi) is 6.12. The summed E-state index contributed by atoms with van der Waals surface area (Å²) in [6.45, 7) is 2.63. The molecule has 1 amide bonds. The monoisotopic (exact) mass is 318 g/mol. The van der Waals surface area contributed by atoms with Crippen molar-refractivity contribution in [1.29, 1.82) is 0 Å². The lowest BCUT2D eigenvalue weighted by Gasteiger charge is -2.17. The van der Waals surface area contributed by atoms with Gasteiger partial charge in [-0.25, -0.2) is 0 Å². The minimum absolute atomic E-state index is 0.289. The van der Waals surface area contributed by atoms with Crippen LogP contribution in [-0.2, 0) is 6.42 Å². The molecule has 2 rings (SSSR count). The maximum Gasteiger partial charge on any atom is 0.258 e. The van der Waals surface area contributed by atoms with Crippen LogP contribution < -0.4 is 11.1 Å². The van der Waals surface area contributed by atoms with Crippen molar-refractivity contribution in [2.45, 2.75) is 31.9 Å². The fourth-order valence-corrected chi connectivity index (χ4v) is 3.09. The number of thiophene rings is 1. The van der Waals surface area contributed by atoms with E-state index in [0.29, 0.717) is 11.4 Å². The van der Waals surface area contributed by atoms with Gasteiger partial charge in [-0.3, -0.25) is 4.79 Å². The maximum atomic E-state index is 11.1. The van der Waals surface area contributed by atoms with Gasteiger partial charge in [-0.15, -0.1) is 11.3 Å².